The highest BCUT2D eigenvalue weighted by Crippen LogP contribution is 2.03. The van der Waals surface area contributed by atoms with E-state index in [1.807, 2.05) is 0 Å². The lowest BCUT2D eigenvalue weighted by atomic mass is 10.4. The van der Waals surface area contributed by atoms with E-state index in [2.05, 4.69) is 9.34 Å². The van der Waals surface area contributed by atoms with E-state index in [1.54, 1.807) is 0 Å². The third kappa shape index (κ3) is 1.65. The van der Waals surface area contributed by atoms with Gasteiger partial charge in [0.2, 0.25) is 0 Å². The normalized spacial score (nSPS) is 21.4. The molecule has 0 N–H and O–H groups in total. The van der Waals surface area contributed by atoms with Crippen molar-refractivity contribution in [1.82, 2.24) is 0 Å². The predicted molar refractivity (Wildman–Crippen MR) is 34.3 cm³/mol. The van der Waals surface area contributed by atoms with Gasteiger partial charge in [-0.05, 0) is 18.9 Å². The Labute approximate surface area is 48.2 Å². The Hall–Kier alpha value is 0.234. The molecule has 0 saturated carbocycles. The first-order valence-corrected chi connectivity index (χ1v) is 6.64. The lowest BCUT2D eigenvalue weighted by Gasteiger charge is -2.13. The maximum absolute atomic E-state index is 5.39. The van der Waals surface area contributed by atoms with Crippen LogP contribution in [0, 0.1) is 0 Å². The summed E-state index contributed by atoms with van der Waals surface area (Å²) >= 11 is 0. The van der Waals surface area contributed by atoms with Crippen LogP contribution in [0.3, 0.4) is 0 Å². The molecule has 0 bridgehead atoms. The zero-order valence-electron chi connectivity index (χ0n) is 4.44. The lowest BCUT2D eigenvalue weighted by Crippen LogP contribution is -2.13. The summed E-state index contributed by atoms with van der Waals surface area (Å²) in [6.45, 7) is 1.04. The van der Waals surface area contributed by atoms with Crippen LogP contribution in [0.4, 0.5) is 0 Å². The van der Waals surface area contributed by atoms with E-state index in [0.717, 1.165) is 6.61 Å². The monoisotopic (exact) mass is 130 g/mol. The van der Waals surface area contributed by atoms with E-state index in [9.17, 15) is 0 Å². The van der Waals surface area contributed by atoms with Gasteiger partial charge in [-0.15, -0.1) is 0 Å². The van der Waals surface area contributed by atoms with Gasteiger partial charge in [-0.1, -0.05) is 0 Å². The molecule has 0 radical (unpaired) electrons. The second kappa shape index (κ2) is 2.52. The van der Waals surface area contributed by atoms with Crippen LogP contribution in [-0.2, 0) is 4.43 Å². The van der Waals surface area contributed by atoms with Gasteiger partial charge in [0.1, 0.15) is 0 Å². The fourth-order valence-corrected chi connectivity index (χ4v) is 3.12. The molecule has 7 heavy (non-hydrogen) atoms. The minimum absolute atomic E-state index is 0.265. The number of hydrogen-bond acceptors (Lipinski definition) is 1. The molecule has 0 spiro atoms. The standard InChI is InChI=1S/C4H10OSi2/c6-7-4-2-1-3-5-7/h1-4,6H2. The van der Waals surface area contributed by atoms with Crippen LogP contribution in [0.1, 0.15) is 12.8 Å². The summed E-state index contributed by atoms with van der Waals surface area (Å²) in [4.78, 5) is 0. The molecule has 1 fully saturated rings. The van der Waals surface area contributed by atoms with Crippen molar-refractivity contribution in [2.24, 2.45) is 0 Å². The molecule has 1 aliphatic rings. The van der Waals surface area contributed by atoms with Gasteiger partial charge in [-0.2, -0.15) is 0 Å². The Kier molecular flexibility index (Phi) is 1.93. The summed E-state index contributed by atoms with van der Waals surface area (Å²) in [6.07, 6.45) is 2.71. The molecule has 1 heterocycles. The van der Waals surface area contributed by atoms with E-state index in [0.29, 0.717) is 0 Å². The van der Waals surface area contributed by atoms with Crippen molar-refractivity contribution in [3.05, 3.63) is 0 Å². The third-order valence-electron chi connectivity index (χ3n) is 1.16. The summed E-state index contributed by atoms with van der Waals surface area (Å²) in [6, 6.07) is 1.38. The molecule has 0 amide bonds. The van der Waals surface area contributed by atoms with Crippen molar-refractivity contribution in [2.75, 3.05) is 6.61 Å². The SMILES string of the molecule is [SiH2]=[Si]1CCCCO1. The first kappa shape index (κ1) is 5.37. The Morgan fingerprint density at radius 2 is 2.29 bits per heavy atom. The zero-order chi connectivity index (χ0) is 5.11. The van der Waals surface area contributed by atoms with Crippen molar-refractivity contribution in [2.45, 2.75) is 18.9 Å². The minimum atomic E-state index is -0.265. The topological polar surface area (TPSA) is 9.23 Å². The van der Waals surface area contributed by atoms with Gasteiger partial charge in [0, 0.05) is 9.34 Å². The quantitative estimate of drug-likeness (QED) is 0.417. The molecule has 3 heteroatoms. The third-order valence-corrected chi connectivity index (χ3v) is 4.35. The maximum atomic E-state index is 5.39. The molecule has 0 aliphatic carbocycles. The smallest absolute Gasteiger partial charge is 0.192 e. The van der Waals surface area contributed by atoms with Crippen molar-refractivity contribution in [1.29, 1.82) is 0 Å². The molecular formula is C4H10OSi2. The first-order chi connectivity index (χ1) is 3.39. The maximum Gasteiger partial charge on any atom is 0.192 e. The lowest BCUT2D eigenvalue weighted by molar-refractivity contribution is 0.301. The highest BCUT2D eigenvalue weighted by Gasteiger charge is 2.01. The molecular weight excluding hydrogens is 120 g/mol. The minimum Gasteiger partial charge on any atom is -0.555 e. The van der Waals surface area contributed by atoms with E-state index in [4.69, 9.17) is 4.43 Å². The average Bonchev–Trinajstić information content (AvgIpc) is 1.69. The molecule has 1 rings (SSSR count). The van der Waals surface area contributed by atoms with Crippen LogP contribution in [0.5, 0.6) is 0 Å². The predicted octanol–water partition coefficient (Wildman–Crippen LogP) is -0.0819. The van der Waals surface area contributed by atoms with Crippen molar-refractivity contribution in [3.8, 4) is 0 Å². The Morgan fingerprint density at radius 3 is 2.57 bits per heavy atom. The molecule has 0 aromatic heterocycles. The van der Waals surface area contributed by atoms with Crippen LogP contribution in [0.15, 0.2) is 0 Å². The van der Waals surface area contributed by atoms with Gasteiger partial charge in [-0.3, -0.25) is 0 Å². The van der Waals surface area contributed by atoms with Crippen molar-refractivity contribution < 1.29 is 4.43 Å². The summed E-state index contributed by atoms with van der Waals surface area (Å²) in [5.41, 5.74) is 0. The van der Waals surface area contributed by atoms with Gasteiger partial charge < -0.3 is 4.43 Å². The van der Waals surface area contributed by atoms with Gasteiger partial charge in [0.15, 0.2) is 8.13 Å². The van der Waals surface area contributed by atoms with Crippen LogP contribution < -0.4 is 0 Å². The van der Waals surface area contributed by atoms with Gasteiger partial charge in [-0.25, -0.2) is 0 Å². The number of hydrogen-bond donors (Lipinski definition) is 0. The Bertz CT molecular complexity index is 73.8. The van der Waals surface area contributed by atoms with E-state index in [1.165, 1.54) is 18.9 Å². The second-order valence-electron chi connectivity index (χ2n) is 1.84. The van der Waals surface area contributed by atoms with Gasteiger partial charge in [0.05, 0.1) is 6.61 Å². The van der Waals surface area contributed by atoms with Crippen LogP contribution in [-0.4, -0.2) is 24.1 Å². The first-order valence-electron chi connectivity index (χ1n) is 2.70. The molecule has 0 aromatic rings. The Balaban J connectivity index is 2.25. The van der Waals surface area contributed by atoms with E-state index < -0.39 is 0 Å². The van der Waals surface area contributed by atoms with Gasteiger partial charge in [0.25, 0.3) is 0 Å². The molecule has 0 aromatic carbocycles. The Morgan fingerprint density at radius 1 is 1.43 bits per heavy atom. The molecule has 0 atom stereocenters. The molecule has 1 saturated heterocycles. The number of rotatable bonds is 0. The highest BCUT2D eigenvalue weighted by molar-refractivity contribution is 6.72. The second-order valence-corrected chi connectivity index (χ2v) is 6.08. The summed E-state index contributed by atoms with van der Waals surface area (Å²) < 4.78 is 5.39. The molecule has 40 valence electrons. The fourth-order valence-electron chi connectivity index (χ4n) is 0.713. The van der Waals surface area contributed by atoms with Crippen LogP contribution in [0.25, 0.3) is 0 Å². The largest absolute Gasteiger partial charge is 0.555 e. The van der Waals surface area contributed by atoms with Crippen molar-refractivity contribution >= 4 is 17.5 Å². The zero-order valence-corrected chi connectivity index (χ0v) is 6.86. The van der Waals surface area contributed by atoms with Crippen molar-refractivity contribution in [3.63, 3.8) is 0 Å². The molecule has 1 nitrogen and oxygen atoms in total. The fraction of sp³-hybridized carbons (Fsp3) is 1.00. The van der Waals surface area contributed by atoms with Crippen LogP contribution in [0.2, 0.25) is 6.04 Å². The van der Waals surface area contributed by atoms with Crippen LogP contribution >= 0.6 is 0 Å². The summed E-state index contributed by atoms with van der Waals surface area (Å²) in [7, 11) is 1.79. The molecule has 1 aliphatic heterocycles. The summed E-state index contributed by atoms with van der Waals surface area (Å²) in [5, 5.41) is 0. The van der Waals surface area contributed by atoms with Gasteiger partial charge >= 0.3 is 0 Å². The average molecular weight is 130 g/mol. The van der Waals surface area contributed by atoms with E-state index in [-0.39, 0.29) is 8.13 Å². The summed E-state index contributed by atoms with van der Waals surface area (Å²) in [5.74, 6) is 0. The van der Waals surface area contributed by atoms with E-state index >= 15 is 0 Å². The molecule has 0 unspecified atom stereocenters. The highest BCUT2D eigenvalue weighted by atomic mass is 28.9.